The van der Waals surface area contributed by atoms with Crippen molar-refractivity contribution in [1.82, 2.24) is 4.90 Å². The van der Waals surface area contributed by atoms with Crippen molar-refractivity contribution in [2.45, 2.75) is 38.5 Å². The van der Waals surface area contributed by atoms with Gasteiger partial charge in [-0.25, -0.2) is 0 Å². The molecule has 1 saturated carbocycles. The smallest absolute Gasteiger partial charge is 0.00186 e. The molecule has 0 heterocycles. The van der Waals surface area contributed by atoms with Gasteiger partial charge < -0.3 is 4.90 Å². The maximum atomic E-state index is 2.63. The average molecular weight is 360 g/mol. The molecule has 142 valence electrons. The maximum Gasteiger partial charge on any atom is -0.00186 e. The molecule has 1 nitrogen and oxygen atoms in total. The fourth-order valence-electron chi connectivity index (χ4n) is 5.15. The third kappa shape index (κ3) is 4.71. The minimum absolute atomic E-state index is 0.797. The van der Waals surface area contributed by atoms with Crippen LogP contribution in [0.1, 0.15) is 43.2 Å². The molecule has 0 spiro atoms. The predicted octanol–water partition coefficient (Wildman–Crippen LogP) is 6.07. The Bertz CT molecular complexity index is 733. The summed E-state index contributed by atoms with van der Waals surface area (Å²) >= 11 is 0. The van der Waals surface area contributed by atoms with E-state index in [1.165, 1.54) is 62.7 Å². The van der Waals surface area contributed by atoms with Crippen molar-refractivity contribution in [3.8, 4) is 0 Å². The number of rotatable bonds is 8. The first-order valence-corrected chi connectivity index (χ1v) is 10.8. The van der Waals surface area contributed by atoms with E-state index in [1.54, 1.807) is 5.57 Å². The van der Waals surface area contributed by atoms with Gasteiger partial charge in [-0.05, 0) is 93.1 Å². The lowest BCUT2D eigenvalue weighted by molar-refractivity contribution is 0.191. The summed E-state index contributed by atoms with van der Waals surface area (Å²) in [7, 11) is 2.30. The van der Waals surface area contributed by atoms with Crippen LogP contribution in [0.5, 0.6) is 0 Å². The predicted molar refractivity (Wildman–Crippen MR) is 116 cm³/mol. The highest BCUT2D eigenvalue weighted by Gasteiger charge is 2.36. The molecule has 1 heteroatoms. The second-order valence-corrected chi connectivity index (χ2v) is 8.60. The molecule has 27 heavy (non-hydrogen) atoms. The molecule has 0 N–H and O–H groups in total. The normalized spacial score (nSPS) is 24.2. The molecular formula is C26H33N. The second kappa shape index (κ2) is 8.89. The van der Waals surface area contributed by atoms with Crippen LogP contribution in [0.25, 0.3) is 5.57 Å². The quantitative estimate of drug-likeness (QED) is 0.553. The van der Waals surface area contributed by atoms with E-state index < -0.39 is 0 Å². The number of allylic oxidation sites excluding steroid dienone is 2. The minimum atomic E-state index is 0.797. The Morgan fingerprint density at radius 1 is 0.889 bits per heavy atom. The summed E-state index contributed by atoms with van der Waals surface area (Å²) in [5, 5.41) is 0. The minimum Gasteiger partial charge on any atom is -0.306 e. The zero-order valence-electron chi connectivity index (χ0n) is 16.7. The maximum absolute atomic E-state index is 2.63. The number of benzene rings is 2. The standard InChI is InChI=1S/C26H33N/c1-27(17-8-11-21-9-4-2-5-10-21)18-16-24-19-25-15-14-23(24)20-26(25)22-12-6-3-7-13-22/h2-7,9-10,12-13,20,23-25H,8,11,14-19H2,1H3/t23-,24-,25+/m0/s1. The summed E-state index contributed by atoms with van der Waals surface area (Å²) in [6.07, 6.45) is 10.7. The highest BCUT2D eigenvalue weighted by molar-refractivity contribution is 5.69. The largest absolute Gasteiger partial charge is 0.306 e. The molecule has 2 bridgehead atoms. The van der Waals surface area contributed by atoms with Crippen LogP contribution in [0.4, 0.5) is 0 Å². The van der Waals surface area contributed by atoms with Gasteiger partial charge in [-0.3, -0.25) is 0 Å². The molecule has 0 saturated heterocycles. The summed E-state index contributed by atoms with van der Waals surface area (Å²) in [5.41, 5.74) is 4.57. The molecule has 0 aliphatic heterocycles. The number of aryl methyl sites for hydroxylation is 1. The zero-order chi connectivity index (χ0) is 18.5. The van der Waals surface area contributed by atoms with Gasteiger partial charge in [0, 0.05) is 0 Å². The van der Waals surface area contributed by atoms with Crippen molar-refractivity contribution < 1.29 is 0 Å². The topological polar surface area (TPSA) is 3.24 Å². The third-order valence-electron chi connectivity index (χ3n) is 6.71. The van der Waals surface area contributed by atoms with E-state index in [9.17, 15) is 0 Å². The van der Waals surface area contributed by atoms with E-state index in [-0.39, 0.29) is 0 Å². The summed E-state index contributed by atoms with van der Waals surface area (Å²) in [5.74, 6) is 2.50. The molecule has 3 aliphatic rings. The van der Waals surface area contributed by atoms with E-state index in [2.05, 4.69) is 78.7 Å². The summed E-state index contributed by atoms with van der Waals surface area (Å²) in [4.78, 5) is 2.55. The summed E-state index contributed by atoms with van der Waals surface area (Å²) < 4.78 is 0. The number of hydrogen-bond acceptors (Lipinski definition) is 1. The van der Waals surface area contributed by atoms with E-state index in [1.807, 2.05) is 0 Å². The Kier molecular flexibility index (Phi) is 6.09. The van der Waals surface area contributed by atoms with Crippen LogP contribution in [0.2, 0.25) is 0 Å². The number of fused-ring (bicyclic) bond motifs is 2. The second-order valence-electron chi connectivity index (χ2n) is 8.60. The van der Waals surface area contributed by atoms with Crippen molar-refractivity contribution in [3.63, 3.8) is 0 Å². The molecule has 0 amide bonds. The molecule has 2 aromatic rings. The fourth-order valence-corrected chi connectivity index (χ4v) is 5.15. The molecule has 3 aliphatic carbocycles. The number of nitrogens with zero attached hydrogens (tertiary/aromatic N) is 1. The van der Waals surface area contributed by atoms with E-state index >= 15 is 0 Å². The van der Waals surface area contributed by atoms with Crippen LogP contribution in [-0.2, 0) is 6.42 Å². The molecule has 3 atom stereocenters. The van der Waals surface area contributed by atoms with Crippen molar-refractivity contribution in [1.29, 1.82) is 0 Å². The van der Waals surface area contributed by atoms with Gasteiger partial charge in [0.2, 0.25) is 0 Å². The first kappa shape index (κ1) is 18.5. The Balaban J connectivity index is 1.24. The molecule has 0 unspecified atom stereocenters. The summed E-state index contributed by atoms with van der Waals surface area (Å²) in [6, 6.07) is 22.0. The number of hydrogen-bond donors (Lipinski definition) is 0. The van der Waals surface area contributed by atoms with Gasteiger partial charge in [-0.15, -0.1) is 0 Å². The Morgan fingerprint density at radius 3 is 2.33 bits per heavy atom. The highest BCUT2D eigenvalue weighted by atomic mass is 15.1. The Labute approximate surface area is 165 Å². The first-order valence-electron chi connectivity index (χ1n) is 10.8. The molecule has 5 rings (SSSR count). The lowest BCUT2D eigenvalue weighted by Crippen LogP contribution is -2.32. The molecular weight excluding hydrogens is 326 g/mol. The molecule has 2 aromatic carbocycles. The van der Waals surface area contributed by atoms with Crippen LogP contribution >= 0.6 is 0 Å². The van der Waals surface area contributed by atoms with Crippen LogP contribution in [0.15, 0.2) is 66.7 Å². The van der Waals surface area contributed by atoms with Gasteiger partial charge in [0.1, 0.15) is 0 Å². The molecule has 1 fully saturated rings. The van der Waals surface area contributed by atoms with Crippen molar-refractivity contribution in [2.75, 3.05) is 20.1 Å². The lowest BCUT2D eigenvalue weighted by atomic mass is 9.63. The van der Waals surface area contributed by atoms with Crippen molar-refractivity contribution in [2.24, 2.45) is 17.8 Å². The van der Waals surface area contributed by atoms with Gasteiger partial charge in [0.25, 0.3) is 0 Å². The van der Waals surface area contributed by atoms with Gasteiger partial charge in [0.15, 0.2) is 0 Å². The van der Waals surface area contributed by atoms with Crippen LogP contribution in [-0.4, -0.2) is 25.0 Å². The van der Waals surface area contributed by atoms with Crippen molar-refractivity contribution >= 4 is 5.57 Å². The van der Waals surface area contributed by atoms with Crippen LogP contribution in [0.3, 0.4) is 0 Å². The van der Waals surface area contributed by atoms with E-state index in [0.29, 0.717) is 0 Å². The molecule has 0 aromatic heterocycles. The van der Waals surface area contributed by atoms with Gasteiger partial charge >= 0.3 is 0 Å². The van der Waals surface area contributed by atoms with E-state index in [4.69, 9.17) is 0 Å². The average Bonchev–Trinajstić information content (AvgIpc) is 2.74. The van der Waals surface area contributed by atoms with Crippen molar-refractivity contribution in [3.05, 3.63) is 77.9 Å². The van der Waals surface area contributed by atoms with Gasteiger partial charge in [-0.2, -0.15) is 0 Å². The highest BCUT2D eigenvalue weighted by Crippen LogP contribution is 2.48. The molecule has 0 radical (unpaired) electrons. The Hall–Kier alpha value is -1.86. The lowest BCUT2D eigenvalue weighted by Gasteiger charge is -2.42. The van der Waals surface area contributed by atoms with Gasteiger partial charge in [-0.1, -0.05) is 66.7 Å². The first-order chi connectivity index (χ1) is 13.3. The van der Waals surface area contributed by atoms with E-state index in [0.717, 1.165) is 17.8 Å². The SMILES string of the molecule is CN(CCCc1ccccc1)CC[C@H]1C[C@H]2CC[C@H]1C=C2c1ccccc1. The summed E-state index contributed by atoms with van der Waals surface area (Å²) in [6.45, 7) is 2.46. The third-order valence-corrected chi connectivity index (χ3v) is 6.71. The fraction of sp³-hybridized carbons (Fsp3) is 0.462. The van der Waals surface area contributed by atoms with Crippen LogP contribution in [0, 0.1) is 17.8 Å². The monoisotopic (exact) mass is 359 g/mol. The van der Waals surface area contributed by atoms with Crippen LogP contribution < -0.4 is 0 Å². The van der Waals surface area contributed by atoms with Gasteiger partial charge in [0.05, 0.1) is 0 Å². The Morgan fingerprint density at radius 2 is 1.63 bits per heavy atom. The zero-order valence-corrected chi connectivity index (χ0v) is 16.7.